The molecule has 1 aliphatic heterocycles. The van der Waals surface area contributed by atoms with Gasteiger partial charge in [0.05, 0.1) is 13.1 Å². The number of nitrogens with zero attached hydrogens (tertiary/aromatic N) is 6. The molecule has 0 N–H and O–H groups in total. The number of hydrogen-bond donors (Lipinski definition) is 0. The van der Waals surface area contributed by atoms with Crippen LogP contribution in [-0.2, 0) is 6.18 Å². The van der Waals surface area contributed by atoms with Crippen molar-refractivity contribution in [3.05, 3.63) is 42.0 Å². The second-order valence-corrected chi connectivity index (χ2v) is 5.76. The molecule has 0 radical (unpaired) electrons. The maximum atomic E-state index is 12.9. The van der Waals surface area contributed by atoms with Crippen molar-refractivity contribution in [2.24, 2.45) is 0 Å². The van der Waals surface area contributed by atoms with Gasteiger partial charge in [-0.3, -0.25) is 4.98 Å². The Morgan fingerprint density at radius 2 is 1.96 bits per heavy atom. The second-order valence-electron chi connectivity index (χ2n) is 5.76. The summed E-state index contributed by atoms with van der Waals surface area (Å²) >= 11 is 0. The second kappa shape index (κ2) is 5.57. The van der Waals surface area contributed by atoms with Crippen molar-refractivity contribution in [3.63, 3.8) is 0 Å². The van der Waals surface area contributed by atoms with E-state index < -0.39 is 12.0 Å². The van der Waals surface area contributed by atoms with Gasteiger partial charge in [0.2, 0.25) is 0 Å². The van der Waals surface area contributed by atoms with Crippen LogP contribution in [0.1, 0.15) is 11.5 Å². The van der Waals surface area contributed by atoms with Crippen LogP contribution < -0.4 is 9.64 Å². The first-order valence-electron chi connectivity index (χ1n) is 7.54. The number of fused-ring (bicyclic) bond motifs is 1. The Bertz CT molecular complexity index is 919. The van der Waals surface area contributed by atoms with Gasteiger partial charge in [-0.25, -0.2) is 0 Å². The van der Waals surface area contributed by atoms with Crippen LogP contribution in [0.15, 0.2) is 30.5 Å². The average molecular weight is 350 g/mol. The van der Waals surface area contributed by atoms with Crippen molar-refractivity contribution in [1.29, 1.82) is 0 Å². The fraction of sp³-hybridized carbons (Fsp3) is 0.333. The van der Waals surface area contributed by atoms with Gasteiger partial charge in [-0.05, 0) is 25.1 Å². The molecule has 0 bridgehead atoms. The number of hydrogen-bond acceptors (Lipinski definition) is 6. The highest BCUT2D eigenvalue weighted by molar-refractivity contribution is 5.48. The highest BCUT2D eigenvalue weighted by atomic mass is 19.4. The van der Waals surface area contributed by atoms with E-state index in [1.54, 1.807) is 18.3 Å². The summed E-state index contributed by atoms with van der Waals surface area (Å²) in [5, 5.41) is 10.7. The largest absolute Gasteiger partial charge is 0.487 e. The van der Waals surface area contributed by atoms with Crippen molar-refractivity contribution in [1.82, 2.24) is 24.8 Å². The smallest absolute Gasteiger partial charge is 0.453 e. The van der Waals surface area contributed by atoms with Gasteiger partial charge < -0.3 is 9.64 Å². The Kier molecular flexibility index (Phi) is 3.48. The molecule has 1 aliphatic rings. The molecule has 10 heteroatoms. The Balaban J connectivity index is 1.48. The summed E-state index contributed by atoms with van der Waals surface area (Å²) in [6.45, 7) is 2.93. The Morgan fingerprint density at radius 1 is 1.16 bits per heavy atom. The van der Waals surface area contributed by atoms with E-state index in [9.17, 15) is 13.2 Å². The lowest BCUT2D eigenvalue weighted by molar-refractivity contribution is -0.146. The van der Waals surface area contributed by atoms with Crippen molar-refractivity contribution >= 4 is 11.5 Å². The number of aryl methyl sites for hydroxylation is 1. The third-order valence-electron chi connectivity index (χ3n) is 3.85. The molecule has 25 heavy (non-hydrogen) atoms. The molecule has 1 saturated heterocycles. The number of halogens is 3. The molecular weight excluding hydrogens is 337 g/mol. The van der Waals surface area contributed by atoms with Crippen LogP contribution in [0.3, 0.4) is 0 Å². The van der Waals surface area contributed by atoms with E-state index in [2.05, 4.69) is 20.3 Å². The highest BCUT2D eigenvalue weighted by Gasteiger charge is 2.38. The van der Waals surface area contributed by atoms with Crippen molar-refractivity contribution < 1.29 is 17.9 Å². The third-order valence-corrected chi connectivity index (χ3v) is 3.85. The lowest BCUT2D eigenvalue weighted by Crippen LogP contribution is -2.54. The van der Waals surface area contributed by atoms with E-state index >= 15 is 0 Å². The van der Waals surface area contributed by atoms with Crippen LogP contribution >= 0.6 is 0 Å². The molecule has 4 rings (SSSR count). The first-order chi connectivity index (χ1) is 11.9. The SMILES string of the molecule is Cc1cc(OC2CN(c3ccc4nnc(C(F)(F)F)n4n3)C2)ccn1. The fourth-order valence-electron chi connectivity index (χ4n) is 2.61. The van der Waals surface area contributed by atoms with E-state index in [1.165, 1.54) is 6.07 Å². The van der Waals surface area contributed by atoms with Crippen LogP contribution in [-0.4, -0.2) is 44.0 Å². The summed E-state index contributed by atoms with van der Waals surface area (Å²) in [6.07, 6.45) is -2.99. The summed E-state index contributed by atoms with van der Waals surface area (Å²) in [4.78, 5) is 5.93. The Labute approximate surface area is 140 Å². The number of ether oxygens (including phenoxy) is 1. The first-order valence-corrected chi connectivity index (χ1v) is 7.54. The zero-order valence-electron chi connectivity index (χ0n) is 13.1. The van der Waals surface area contributed by atoms with Gasteiger partial charge in [0, 0.05) is 18.0 Å². The molecule has 0 spiro atoms. The Hall–Kier alpha value is -2.91. The van der Waals surface area contributed by atoms with Crippen molar-refractivity contribution in [2.75, 3.05) is 18.0 Å². The van der Waals surface area contributed by atoms with Crippen LogP contribution in [0, 0.1) is 6.92 Å². The van der Waals surface area contributed by atoms with E-state index in [0.717, 1.165) is 16.0 Å². The molecule has 0 unspecified atom stereocenters. The summed E-state index contributed by atoms with van der Waals surface area (Å²) in [5.74, 6) is 0.00669. The van der Waals surface area contributed by atoms with Gasteiger partial charge in [0.15, 0.2) is 5.65 Å². The van der Waals surface area contributed by atoms with E-state index in [4.69, 9.17) is 4.74 Å². The molecule has 130 valence electrons. The molecule has 1 fully saturated rings. The number of anilines is 1. The third kappa shape index (κ3) is 2.94. The standard InChI is InChI=1S/C15H13F3N6O/c1-9-6-10(4-5-19-9)25-11-7-23(8-11)13-3-2-12-20-21-14(15(16,17)18)24(12)22-13/h2-6,11H,7-8H2,1H3. The minimum atomic E-state index is -4.61. The summed E-state index contributed by atoms with van der Waals surface area (Å²) in [6, 6.07) is 6.69. The topological polar surface area (TPSA) is 68.4 Å². The van der Waals surface area contributed by atoms with Gasteiger partial charge in [-0.15, -0.1) is 15.3 Å². The van der Waals surface area contributed by atoms with E-state index in [1.807, 2.05) is 17.9 Å². The van der Waals surface area contributed by atoms with Crippen LogP contribution in [0.4, 0.5) is 19.0 Å². The molecule has 0 aliphatic carbocycles. The lowest BCUT2D eigenvalue weighted by atomic mass is 10.1. The van der Waals surface area contributed by atoms with E-state index in [-0.39, 0.29) is 11.8 Å². The molecule has 7 nitrogen and oxygen atoms in total. The van der Waals surface area contributed by atoms with Crippen LogP contribution in [0.25, 0.3) is 5.65 Å². The van der Waals surface area contributed by atoms with Gasteiger partial charge >= 0.3 is 6.18 Å². The maximum absolute atomic E-state index is 12.9. The maximum Gasteiger partial charge on any atom is 0.453 e. The molecule has 0 amide bonds. The number of rotatable bonds is 3. The summed E-state index contributed by atoms with van der Waals surface area (Å²) in [5.41, 5.74) is 0.907. The lowest BCUT2D eigenvalue weighted by Gasteiger charge is -2.39. The predicted molar refractivity (Wildman–Crippen MR) is 81.4 cm³/mol. The average Bonchev–Trinajstić information content (AvgIpc) is 2.93. The molecule has 0 atom stereocenters. The molecule has 4 heterocycles. The highest BCUT2D eigenvalue weighted by Crippen LogP contribution is 2.29. The molecular formula is C15H13F3N6O. The first kappa shape index (κ1) is 15.6. The Morgan fingerprint density at radius 3 is 2.68 bits per heavy atom. The minimum absolute atomic E-state index is 0.0525. The van der Waals surface area contributed by atoms with E-state index in [0.29, 0.717) is 18.9 Å². The molecule has 3 aromatic rings. The van der Waals surface area contributed by atoms with Crippen molar-refractivity contribution in [3.8, 4) is 5.75 Å². The molecule has 0 saturated carbocycles. The fourth-order valence-corrected chi connectivity index (χ4v) is 2.61. The monoisotopic (exact) mass is 350 g/mol. The number of pyridine rings is 1. The molecule has 0 aromatic carbocycles. The zero-order valence-corrected chi connectivity index (χ0v) is 13.1. The van der Waals surface area contributed by atoms with Crippen LogP contribution in [0.2, 0.25) is 0 Å². The number of alkyl halides is 3. The zero-order chi connectivity index (χ0) is 17.6. The quantitative estimate of drug-likeness (QED) is 0.721. The number of aromatic nitrogens is 5. The van der Waals surface area contributed by atoms with Crippen LogP contribution in [0.5, 0.6) is 5.75 Å². The van der Waals surface area contributed by atoms with Gasteiger partial charge in [-0.1, -0.05) is 0 Å². The summed E-state index contributed by atoms with van der Waals surface area (Å²) in [7, 11) is 0. The van der Waals surface area contributed by atoms with Gasteiger partial charge in [0.25, 0.3) is 5.82 Å². The molecule has 3 aromatic heterocycles. The summed E-state index contributed by atoms with van der Waals surface area (Å²) < 4.78 is 45.3. The van der Waals surface area contributed by atoms with Crippen molar-refractivity contribution in [2.45, 2.75) is 19.2 Å². The van der Waals surface area contributed by atoms with Gasteiger partial charge in [-0.2, -0.15) is 17.7 Å². The van der Waals surface area contributed by atoms with Gasteiger partial charge in [0.1, 0.15) is 17.7 Å². The predicted octanol–water partition coefficient (Wildman–Crippen LogP) is 2.11. The normalized spacial score (nSPS) is 15.4. The minimum Gasteiger partial charge on any atom is -0.487 e.